The Morgan fingerprint density at radius 3 is 2.07 bits per heavy atom. The summed E-state index contributed by atoms with van der Waals surface area (Å²) in [6, 6.07) is 7.23. The third kappa shape index (κ3) is 7.06. The molecule has 0 bridgehead atoms. The summed E-state index contributed by atoms with van der Waals surface area (Å²) >= 11 is 0. The Morgan fingerprint density at radius 2 is 1.38 bits per heavy atom. The van der Waals surface area contributed by atoms with Gasteiger partial charge in [-0.05, 0) is 41.8 Å². The number of Topliss-reactive ketones (excluding diaryl/α,β-unsaturated/α-hetero) is 1. The zero-order chi connectivity index (χ0) is 21.1. The lowest BCUT2D eigenvalue weighted by Crippen LogP contribution is -2.06. The van der Waals surface area contributed by atoms with Gasteiger partial charge in [0.15, 0.2) is 11.5 Å². The summed E-state index contributed by atoms with van der Waals surface area (Å²) in [5.74, 6) is 0.0603. The Balaban J connectivity index is 1.99. The number of carbonyl (C=O) groups is 1. The minimum Gasteiger partial charge on any atom is -0.504 e. The van der Waals surface area contributed by atoms with Crippen LogP contribution in [-0.2, 0) is 17.6 Å². The minimum atomic E-state index is -0.116. The van der Waals surface area contributed by atoms with Crippen molar-refractivity contribution in [3.05, 3.63) is 35.4 Å². The van der Waals surface area contributed by atoms with Crippen molar-refractivity contribution in [3.63, 3.8) is 0 Å². The number of carbonyl (C=O) groups excluding carboxylic acids is 1. The van der Waals surface area contributed by atoms with Gasteiger partial charge in [-0.25, -0.2) is 0 Å². The lowest BCUT2D eigenvalue weighted by Gasteiger charge is -2.14. The van der Waals surface area contributed by atoms with Gasteiger partial charge in [-0.15, -0.1) is 0 Å². The summed E-state index contributed by atoms with van der Waals surface area (Å²) in [5.41, 5.74) is 2.21. The third-order valence-corrected chi connectivity index (χ3v) is 5.84. The second-order valence-corrected chi connectivity index (χ2v) is 8.28. The van der Waals surface area contributed by atoms with E-state index in [4.69, 9.17) is 0 Å². The van der Waals surface area contributed by atoms with Crippen LogP contribution in [0.4, 0.5) is 0 Å². The Labute approximate surface area is 176 Å². The summed E-state index contributed by atoms with van der Waals surface area (Å²) in [5, 5.41) is 21.6. The summed E-state index contributed by atoms with van der Waals surface area (Å²) in [6.45, 7) is 4.40. The lowest BCUT2D eigenvalue weighted by atomic mass is 9.91. The van der Waals surface area contributed by atoms with Crippen LogP contribution in [0.2, 0.25) is 0 Å². The lowest BCUT2D eigenvalue weighted by molar-refractivity contribution is -0.118. The van der Waals surface area contributed by atoms with Crippen LogP contribution in [0.3, 0.4) is 0 Å². The molecule has 0 saturated carbocycles. The van der Waals surface area contributed by atoms with Gasteiger partial charge in [0.2, 0.25) is 0 Å². The molecule has 160 valence electrons. The van der Waals surface area contributed by atoms with E-state index in [0.29, 0.717) is 18.2 Å². The molecule has 29 heavy (non-hydrogen) atoms. The maximum Gasteiger partial charge on any atom is 0.165 e. The average Bonchev–Trinajstić information content (AvgIpc) is 2.72. The average molecular weight is 399 g/mol. The van der Waals surface area contributed by atoms with E-state index in [9.17, 15) is 15.0 Å². The van der Waals surface area contributed by atoms with Crippen LogP contribution in [0.25, 0.3) is 10.8 Å². The SMILES string of the molecule is CCCCCCCCCCC(=O)Cc1c(CCCC)ccc2c(O)c(O)ccc12. The first-order valence-corrected chi connectivity index (χ1v) is 11.6. The molecule has 0 radical (unpaired) electrons. The molecular weight excluding hydrogens is 360 g/mol. The number of aryl methyl sites for hydroxylation is 1. The van der Waals surface area contributed by atoms with Crippen LogP contribution in [0.5, 0.6) is 11.5 Å². The third-order valence-electron chi connectivity index (χ3n) is 5.84. The molecule has 0 aliphatic carbocycles. The number of benzene rings is 2. The van der Waals surface area contributed by atoms with Crippen molar-refractivity contribution < 1.29 is 15.0 Å². The number of fused-ring (bicyclic) bond motifs is 1. The van der Waals surface area contributed by atoms with Crippen molar-refractivity contribution in [2.45, 2.75) is 97.3 Å². The summed E-state index contributed by atoms with van der Waals surface area (Å²) in [6.07, 6.45) is 14.0. The molecule has 2 aromatic rings. The van der Waals surface area contributed by atoms with E-state index < -0.39 is 0 Å². The van der Waals surface area contributed by atoms with Crippen molar-refractivity contribution in [1.82, 2.24) is 0 Å². The van der Waals surface area contributed by atoms with Gasteiger partial charge in [0.25, 0.3) is 0 Å². The van der Waals surface area contributed by atoms with Crippen LogP contribution in [-0.4, -0.2) is 16.0 Å². The van der Waals surface area contributed by atoms with E-state index in [1.807, 2.05) is 18.2 Å². The first-order chi connectivity index (χ1) is 14.1. The van der Waals surface area contributed by atoms with Gasteiger partial charge in [0.05, 0.1) is 0 Å². The van der Waals surface area contributed by atoms with Crippen LogP contribution in [0, 0.1) is 0 Å². The Hall–Kier alpha value is -2.03. The molecule has 0 aliphatic rings. The molecule has 0 aliphatic heterocycles. The minimum absolute atomic E-state index is 0.0960. The molecule has 0 unspecified atom stereocenters. The molecule has 0 saturated heterocycles. The van der Waals surface area contributed by atoms with Crippen molar-refractivity contribution in [1.29, 1.82) is 0 Å². The molecule has 3 heteroatoms. The number of aromatic hydroxyl groups is 2. The first-order valence-electron chi connectivity index (χ1n) is 11.6. The predicted octanol–water partition coefficient (Wildman–Crippen LogP) is 7.24. The Morgan fingerprint density at radius 1 is 0.759 bits per heavy atom. The second-order valence-electron chi connectivity index (χ2n) is 8.28. The van der Waals surface area contributed by atoms with Gasteiger partial charge >= 0.3 is 0 Å². The number of hydrogen-bond donors (Lipinski definition) is 2. The maximum absolute atomic E-state index is 12.7. The van der Waals surface area contributed by atoms with Crippen molar-refractivity contribution in [2.24, 2.45) is 0 Å². The fourth-order valence-corrected chi connectivity index (χ4v) is 4.04. The topological polar surface area (TPSA) is 57.5 Å². The standard InChI is InChI=1S/C26H38O3/c1-3-5-7-8-9-10-11-12-14-21(27)19-24-20(13-6-4-2)15-16-23-22(24)17-18-25(28)26(23)29/h15-18,28-29H,3-14,19H2,1-2H3. The molecule has 0 atom stereocenters. The van der Waals surface area contributed by atoms with Crippen molar-refractivity contribution in [3.8, 4) is 11.5 Å². The first kappa shape index (κ1) is 23.3. The smallest absolute Gasteiger partial charge is 0.165 e. The number of unbranched alkanes of at least 4 members (excludes halogenated alkanes) is 8. The molecule has 0 aromatic heterocycles. The number of hydrogen-bond acceptors (Lipinski definition) is 3. The summed E-state index contributed by atoms with van der Waals surface area (Å²) in [4.78, 5) is 12.7. The fraction of sp³-hybridized carbons (Fsp3) is 0.577. The largest absolute Gasteiger partial charge is 0.504 e. The number of phenols is 2. The zero-order valence-corrected chi connectivity index (χ0v) is 18.3. The van der Waals surface area contributed by atoms with E-state index in [0.717, 1.165) is 43.1 Å². The summed E-state index contributed by atoms with van der Waals surface area (Å²) in [7, 11) is 0. The molecule has 0 fully saturated rings. The summed E-state index contributed by atoms with van der Waals surface area (Å²) < 4.78 is 0. The van der Waals surface area contributed by atoms with Gasteiger partial charge in [-0.1, -0.05) is 83.4 Å². The maximum atomic E-state index is 12.7. The molecule has 0 heterocycles. The molecule has 2 aromatic carbocycles. The Bertz CT molecular complexity index is 779. The quantitative estimate of drug-likeness (QED) is 0.260. The van der Waals surface area contributed by atoms with E-state index in [1.54, 1.807) is 0 Å². The van der Waals surface area contributed by atoms with Crippen LogP contribution in [0.15, 0.2) is 24.3 Å². The zero-order valence-electron chi connectivity index (χ0n) is 18.3. The highest BCUT2D eigenvalue weighted by Crippen LogP contribution is 2.36. The highest BCUT2D eigenvalue weighted by atomic mass is 16.3. The monoisotopic (exact) mass is 398 g/mol. The predicted molar refractivity (Wildman–Crippen MR) is 122 cm³/mol. The van der Waals surface area contributed by atoms with Gasteiger partial charge < -0.3 is 10.2 Å². The molecule has 2 N–H and O–H groups in total. The molecular formula is C26H38O3. The van der Waals surface area contributed by atoms with Crippen LogP contribution in [0.1, 0.15) is 95.6 Å². The highest BCUT2D eigenvalue weighted by molar-refractivity contribution is 5.96. The van der Waals surface area contributed by atoms with Gasteiger partial charge in [-0.3, -0.25) is 4.79 Å². The van der Waals surface area contributed by atoms with E-state index >= 15 is 0 Å². The Kier molecular flexibility index (Phi) is 10.0. The molecule has 0 spiro atoms. The highest BCUT2D eigenvalue weighted by Gasteiger charge is 2.15. The second kappa shape index (κ2) is 12.5. The number of ketones is 1. The van der Waals surface area contributed by atoms with E-state index in [-0.39, 0.29) is 17.3 Å². The van der Waals surface area contributed by atoms with E-state index in [2.05, 4.69) is 13.8 Å². The van der Waals surface area contributed by atoms with Crippen LogP contribution < -0.4 is 0 Å². The van der Waals surface area contributed by atoms with E-state index in [1.165, 1.54) is 50.2 Å². The molecule has 0 amide bonds. The van der Waals surface area contributed by atoms with Gasteiger partial charge in [0, 0.05) is 18.2 Å². The molecule has 3 nitrogen and oxygen atoms in total. The number of phenolic OH excluding ortho intramolecular Hbond substituents is 2. The van der Waals surface area contributed by atoms with Gasteiger partial charge in [-0.2, -0.15) is 0 Å². The van der Waals surface area contributed by atoms with Crippen molar-refractivity contribution >= 4 is 16.6 Å². The van der Waals surface area contributed by atoms with Crippen LogP contribution >= 0.6 is 0 Å². The molecule has 2 rings (SSSR count). The van der Waals surface area contributed by atoms with Crippen molar-refractivity contribution in [2.75, 3.05) is 0 Å². The van der Waals surface area contributed by atoms with Gasteiger partial charge in [0.1, 0.15) is 5.78 Å². The number of rotatable bonds is 14. The normalized spacial score (nSPS) is 11.2. The fourth-order valence-electron chi connectivity index (χ4n) is 4.04.